The molecule has 2 aromatic carbocycles. The van der Waals surface area contributed by atoms with Crippen molar-refractivity contribution in [2.24, 2.45) is 7.05 Å². The van der Waals surface area contributed by atoms with Crippen LogP contribution in [0.5, 0.6) is 0 Å². The third-order valence-electron chi connectivity index (χ3n) is 6.57. The van der Waals surface area contributed by atoms with E-state index in [4.69, 9.17) is 0 Å². The number of carbonyl (C=O) groups is 2. The minimum atomic E-state index is -0.844. The van der Waals surface area contributed by atoms with E-state index in [0.717, 1.165) is 28.2 Å². The van der Waals surface area contributed by atoms with Crippen LogP contribution in [-0.4, -0.2) is 32.8 Å². The first-order valence-corrected chi connectivity index (χ1v) is 10.2. The molecule has 2 aliphatic heterocycles. The molecule has 2 atom stereocenters. The molecule has 1 spiro atoms. The lowest BCUT2D eigenvalue weighted by Gasteiger charge is -2.33. The van der Waals surface area contributed by atoms with E-state index in [1.54, 1.807) is 6.20 Å². The predicted molar refractivity (Wildman–Crippen MR) is 114 cm³/mol. The summed E-state index contributed by atoms with van der Waals surface area (Å²) in [5.41, 5.74) is 3.57. The van der Waals surface area contributed by atoms with Crippen LogP contribution in [0, 0.1) is 13.8 Å². The van der Waals surface area contributed by atoms with Gasteiger partial charge in [-0.3, -0.25) is 9.59 Å². The Morgan fingerprint density at radius 2 is 2.00 bits per heavy atom. The van der Waals surface area contributed by atoms with Gasteiger partial charge in [-0.05, 0) is 43.5 Å². The van der Waals surface area contributed by atoms with Crippen molar-refractivity contribution < 1.29 is 9.59 Å². The minimum Gasteiger partial charge on any atom is -0.336 e. The quantitative estimate of drug-likeness (QED) is 0.716. The Kier molecular flexibility index (Phi) is 4.07. The molecule has 6 heteroatoms. The van der Waals surface area contributed by atoms with E-state index >= 15 is 0 Å². The van der Waals surface area contributed by atoms with Crippen LogP contribution in [-0.2, 0) is 17.3 Å². The molecule has 2 aliphatic rings. The maximum absolute atomic E-state index is 13.8. The Hall–Kier alpha value is -3.41. The largest absolute Gasteiger partial charge is 0.336 e. The van der Waals surface area contributed by atoms with Gasteiger partial charge in [-0.25, -0.2) is 4.98 Å². The summed E-state index contributed by atoms with van der Waals surface area (Å²) in [4.78, 5) is 33.6. The molecular weight excluding hydrogens is 376 g/mol. The Bertz CT molecular complexity index is 1180. The first-order valence-electron chi connectivity index (χ1n) is 10.2. The fourth-order valence-electron chi connectivity index (χ4n) is 5.03. The summed E-state index contributed by atoms with van der Waals surface area (Å²) in [6.07, 6.45) is 4.14. The van der Waals surface area contributed by atoms with Gasteiger partial charge < -0.3 is 14.8 Å². The van der Waals surface area contributed by atoms with Gasteiger partial charge in [0, 0.05) is 37.2 Å². The second kappa shape index (κ2) is 6.55. The molecular formula is C24H24N4O2. The maximum Gasteiger partial charge on any atom is 0.254 e. The van der Waals surface area contributed by atoms with E-state index in [0.29, 0.717) is 18.5 Å². The fraction of sp³-hybridized carbons (Fsp3) is 0.292. The number of fused-ring (bicyclic) bond motifs is 2. The molecule has 1 fully saturated rings. The number of hydrogen-bond acceptors (Lipinski definition) is 3. The number of amides is 2. The van der Waals surface area contributed by atoms with Gasteiger partial charge in [0.2, 0.25) is 5.91 Å². The Balaban J connectivity index is 1.69. The highest BCUT2D eigenvalue weighted by atomic mass is 16.2. The van der Waals surface area contributed by atoms with E-state index in [-0.39, 0.29) is 11.8 Å². The monoisotopic (exact) mass is 400 g/mol. The van der Waals surface area contributed by atoms with Crippen LogP contribution in [0.1, 0.15) is 45.3 Å². The van der Waals surface area contributed by atoms with Crippen LogP contribution in [0.25, 0.3) is 0 Å². The van der Waals surface area contributed by atoms with E-state index in [2.05, 4.69) is 10.3 Å². The van der Waals surface area contributed by atoms with Crippen molar-refractivity contribution in [3.63, 3.8) is 0 Å². The van der Waals surface area contributed by atoms with Gasteiger partial charge in [0.1, 0.15) is 17.3 Å². The molecule has 1 aromatic heterocycles. The molecule has 1 N–H and O–H groups in total. The number of aromatic nitrogens is 2. The number of rotatable bonds is 2. The SMILES string of the molecule is Cc1ccc(C)c(C(=O)N2CC[C@]3(C(=O)Nc4ccccc43)[C@@H]2c2nccn2C)c1. The van der Waals surface area contributed by atoms with Crippen molar-refractivity contribution >= 4 is 17.5 Å². The lowest BCUT2D eigenvalue weighted by Crippen LogP contribution is -2.44. The highest BCUT2D eigenvalue weighted by molar-refractivity contribution is 6.08. The van der Waals surface area contributed by atoms with Crippen LogP contribution >= 0.6 is 0 Å². The van der Waals surface area contributed by atoms with E-state index in [1.807, 2.05) is 79.0 Å². The minimum absolute atomic E-state index is 0.0572. The maximum atomic E-state index is 13.8. The number of imidazole rings is 1. The number of carbonyl (C=O) groups excluding carboxylic acids is 2. The van der Waals surface area contributed by atoms with Crippen LogP contribution < -0.4 is 5.32 Å². The molecule has 0 unspecified atom stereocenters. The highest BCUT2D eigenvalue weighted by Crippen LogP contribution is 2.54. The van der Waals surface area contributed by atoms with Crippen LogP contribution in [0.3, 0.4) is 0 Å². The summed E-state index contributed by atoms with van der Waals surface area (Å²) in [6, 6.07) is 13.2. The summed E-state index contributed by atoms with van der Waals surface area (Å²) < 4.78 is 1.91. The van der Waals surface area contributed by atoms with Crippen molar-refractivity contribution in [1.29, 1.82) is 0 Å². The third kappa shape index (κ3) is 2.46. The summed E-state index contributed by atoms with van der Waals surface area (Å²) in [5, 5.41) is 3.05. The van der Waals surface area contributed by atoms with Gasteiger partial charge in [0.25, 0.3) is 5.91 Å². The van der Waals surface area contributed by atoms with E-state index in [9.17, 15) is 9.59 Å². The Labute approximate surface area is 175 Å². The number of hydrogen-bond donors (Lipinski definition) is 1. The van der Waals surface area contributed by atoms with Crippen LogP contribution in [0.4, 0.5) is 5.69 Å². The second-order valence-corrected chi connectivity index (χ2v) is 8.34. The normalized spacial score (nSPS) is 22.4. The third-order valence-corrected chi connectivity index (χ3v) is 6.57. The van der Waals surface area contributed by atoms with Crippen molar-refractivity contribution in [3.8, 4) is 0 Å². The molecule has 152 valence electrons. The predicted octanol–water partition coefficient (Wildman–Crippen LogP) is 3.51. The number of para-hydroxylation sites is 1. The van der Waals surface area contributed by atoms with Gasteiger partial charge in [-0.2, -0.15) is 0 Å². The number of benzene rings is 2. The number of likely N-dealkylation sites (tertiary alicyclic amines) is 1. The molecule has 2 amide bonds. The van der Waals surface area contributed by atoms with E-state index in [1.165, 1.54) is 0 Å². The van der Waals surface area contributed by atoms with Crippen molar-refractivity contribution in [2.75, 3.05) is 11.9 Å². The number of anilines is 1. The average molecular weight is 400 g/mol. The van der Waals surface area contributed by atoms with Gasteiger partial charge in [-0.15, -0.1) is 0 Å². The van der Waals surface area contributed by atoms with Gasteiger partial charge >= 0.3 is 0 Å². The molecule has 3 aromatic rings. The molecule has 0 bridgehead atoms. The van der Waals surface area contributed by atoms with Gasteiger partial charge in [-0.1, -0.05) is 35.9 Å². The average Bonchev–Trinajstić information content (AvgIpc) is 3.40. The van der Waals surface area contributed by atoms with Crippen LogP contribution in [0.15, 0.2) is 54.9 Å². The standard InChI is InChI=1S/C24H24N4O2/c1-15-8-9-16(2)17(14-15)22(29)28-12-10-24(20(28)21-25-11-13-27(21)3)18-6-4-5-7-19(18)26-23(24)30/h4-9,11,13-14,20H,10,12H2,1-3H3,(H,26,30)/t20-,24+/m0/s1. The second-order valence-electron chi connectivity index (χ2n) is 8.34. The van der Waals surface area contributed by atoms with Crippen molar-refractivity contribution in [1.82, 2.24) is 14.5 Å². The highest BCUT2D eigenvalue weighted by Gasteiger charge is 2.60. The summed E-state index contributed by atoms with van der Waals surface area (Å²) in [7, 11) is 1.91. The zero-order valence-electron chi connectivity index (χ0n) is 17.3. The van der Waals surface area contributed by atoms with E-state index < -0.39 is 11.5 Å². The molecule has 30 heavy (non-hydrogen) atoms. The summed E-state index contributed by atoms with van der Waals surface area (Å²) in [6.45, 7) is 4.43. The van der Waals surface area contributed by atoms with Gasteiger partial charge in [0.05, 0.1) is 0 Å². The number of nitrogens with zero attached hydrogens (tertiary/aromatic N) is 3. The van der Waals surface area contributed by atoms with Gasteiger partial charge in [0.15, 0.2) is 0 Å². The molecule has 1 saturated heterocycles. The number of aryl methyl sites for hydroxylation is 3. The van der Waals surface area contributed by atoms with Crippen LogP contribution in [0.2, 0.25) is 0 Å². The van der Waals surface area contributed by atoms with Crippen molar-refractivity contribution in [3.05, 3.63) is 82.9 Å². The molecule has 0 saturated carbocycles. The number of nitrogens with one attached hydrogen (secondary N) is 1. The summed E-state index contributed by atoms with van der Waals surface area (Å²) in [5.74, 6) is 0.601. The fourth-order valence-corrected chi connectivity index (χ4v) is 5.03. The summed E-state index contributed by atoms with van der Waals surface area (Å²) >= 11 is 0. The molecule has 5 rings (SSSR count). The smallest absolute Gasteiger partial charge is 0.254 e. The molecule has 0 radical (unpaired) electrons. The first kappa shape index (κ1) is 18.6. The lowest BCUT2D eigenvalue weighted by molar-refractivity contribution is -0.121. The zero-order valence-corrected chi connectivity index (χ0v) is 17.3. The first-order chi connectivity index (χ1) is 14.4. The Morgan fingerprint density at radius 3 is 2.77 bits per heavy atom. The topological polar surface area (TPSA) is 67.2 Å². The molecule has 6 nitrogen and oxygen atoms in total. The lowest BCUT2D eigenvalue weighted by atomic mass is 9.74. The van der Waals surface area contributed by atoms with Crippen molar-refractivity contribution in [2.45, 2.75) is 31.7 Å². The zero-order chi connectivity index (χ0) is 21.0. The molecule has 0 aliphatic carbocycles. The Morgan fingerprint density at radius 1 is 1.20 bits per heavy atom. The molecule has 3 heterocycles.